The Bertz CT molecular complexity index is 397. The fourth-order valence-corrected chi connectivity index (χ4v) is 1.72. The smallest absolute Gasteiger partial charge is 0.220 e. The zero-order valence-corrected chi connectivity index (χ0v) is 9.62. The summed E-state index contributed by atoms with van der Waals surface area (Å²) in [6.07, 6.45) is 3.51. The predicted molar refractivity (Wildman–Crippen MR) is 65.0 cm³/mol. The largest absolute Gasteiger partial charge is 0.399 e. The van der Waals surface area contributed by atoms with Gasteiger partial charge >= 0.3 is 0 Å². The van der Waals surface area contributed by atoms with Gasteiger partial charge in [-0.05, 0) is 43.9 Å². The van der Waals surface area contributed by atoms with Crippen LogP contribution in [-0.2, 0) is 11.2 Å². The standard InChI is InChI=1S/C13H18N2O/c1-13(7-8-13)15-12(16)6-5-10-3-2-4-11(14)9-10/h2-4,9H,5-8,14H2,1H3,(H,15,16). The number of aryl methyl sites for hydroxylation is 1. The van der Waals surface area contributed by atoms with Crippen LogP contribution in [0.4, 0.5) is 5.69 Å². The second-order valence-corrected chi connectivity index (χ2v) is 4.85. The lowest BCUT2D eigenvalue weighted by Crippen LogP contribution is -2.34. The molecule has 0 atom stereocenters. The van der Waals surface area contributed by atoms with Gasteiger partial charge < -0.3 is 11.1 Å². The van der Waals surface area contributed by atoms with Crippen LogP contribution in [0.3, 0.4) is 0 Å². The highest BCUT2D eigenvalue weighted by atomic mass is 16.1. The number of anilines is 1. The first-order valence-corrected chi connectivity index (χ1v) is 5.73. The fourth-order valence-electron chi connectivity index (χ4n) is 1.72. The number of carbonyl (C=O) groups excluding carboxylic acids is 1. The van der Waals surface area contributed by atoms with Crippen molar-refractivity contribution in [3.63, 3.8) is 0 Å². The number of nitrogens with one attached hydrogen (secondary N) is 1. The lowest BCUT2D eigenvalue weighted by atomic mass is 10.1. The first-order chi connectivity index (χ1) is 7.57. The molecule has 16 heavy (non-hydrogen) atoms. The first kappa shape index (κ1) is 11.0. The van der Waals surface area contributed by atoms with Crippen LogP contribution in [-0.4, -0.2) is 11.4 Å². The highest BCUT2D eigenvalue weighted by Crippen LogP contribution is 2.34. The predicted octanol–water partition coefficient (Wildman–Crippen LogP) is 1.87. The Labute approximate surface area is 96.0 Å². The third-order valence-corrected chi connectivity index (χ3v) is 3.03. The van der Waals surface area contributed by atoms with Crippen molar-refractivity contribution in [1.82, 2.24) is 5.32 Å². The molecule has 0 aliphatic heterocycles. The molecule has 0 spiro atoms. The van der Waals surface area contributed by atoms with Gasteiger partial charge in [0.15, 0.2) is 0 Å². The molecule has 3 N–H and O–H groups in total. The van der Waals surface area contributed by atoms with E-state index >= 15 is 0 Å². The number of nitrogen functional groups attached to an aromatic ring is 1. The second kappa shape index (κ2) is 4.16. The van der Waals surface area contributed by atoms with Crippen molar-refractivity contribution in [2.75, 3.05) is 5.73 Å². The van der Waals surface area contributed by atoms with Gasteiger partial charge in [0.05, 0.1) is 0 Å². The summed E-state index contributed by atoms with van der Waals surface area (Å²) >= 11 is 0. The van der Waals surface area contributed by atoms with E-state index in [9.17, 15) is 4.79 Å². The Hall–Kier alpha value is -1.51. The van der Waals surface area contributed by atoms with E-state index < -0.39 is 0 Å². The summed E-state index contributed by atoms with van der Waals surface area (Å²) in [7, 11) is 0. The van der Waals surface area contributed by atoms with E-state index in [0.717, 1.165) is 30.5 Å². The molecule has 0 heterocycles. The van der Waals surface area contributed by atoms with E-state index in [1.807, 2.05) is 24.3 Å². The molecular formula is C13H18N2O. The molecule has 1 aromatic carbocycles. The molecule has 2 rings (SSSR count). The Balaban J connectivity index is 1.80. The van der Waals surface area contributed by atoms with Crippen molar-refractivity contribution in [1.29, 1.82) is 0 Å². The maximum absolute atomic E-state index is 11.6. The van der Waals surface area contributed by atoms with E-state index in [1.165, 1.54) is 0 Å². The molecule has 0 saturated heterocycles. The summed E-state index contributed by atoms with van der Waals surface area (Å²) in [5.41, 5.74) is 7.64. The van der Waals surface area contributed by atoms with Crippen LogP contribution in [0.2, 0.25) is 0 Å². The van der Waals surface area contributed by atoms with Crippen LogP contribution in [0, 0.1) is 0 Å². The molecule has 0 radical (unpaired) electrons. The summed E-state index contributed by atoms with van der Waals surface area (Å²) in [6, 6.07) is 7.70. The van der Waals surface area contributed by atoms with Crippen LogP contribution in [0.25, 0.3) is 0 Å². The molecule has 1 amide bonds. The van der Waals surface area contributed by atoms with Gasteiger partial charge in [0, 0.05) is 17.6 Å². The number of rotatable bonds is 4. The average molecular weight is 218 g/mol. The first-order valence-electron chi connectivity index (χ1n) is 5.73. The molecule has 3 nitrogen and oxygen atoms in total. The number of hydrogen-bond acceptors (Lipinski definition) is 2. The molecule has 1 aliphatic carbocycles. The van der Waals surface area contributed by atoms with Gasteiger partial charge in [-0.15, -0.1) is 0 Å². The maximum atomic E-state index is 11.6. The molecule has 1 fully saturated rings. The molecule has 1 aromatic rings. The van der Waals surface area contributed by atoms with Gasteiger partial charge in [0.1, 0.15) is 0 Å². The highest BCUT2D eigenvalue weighted by molar-refractivity contribution is 5.77. The van der Waals surface area contributed by atoms with Crippen molar-refractivity contribution < 1.29 is 4.79 Å². The van der Waals surface area contributed by atoms with Gasteiger partial charge in [-0.3, -0.25) is 4.79 Å². The Kier molecular flexibility index (Phi) is 2.86. The van der Waals surface area contributed by atoms with E-state index in [4.69, 9.17) is 5.73 Å². The summed E-state index contributed by atoms with van der Waals surface area (Å²) in [5, 5.41) is 3.04. The van der Waals surface area contributed by atoms with Crippen LogP contribution >= 0.6 is 0 Å². The van der Waals surface area contributed by atoms with Crippen molar-refractivity contribution in [3.05, 3.63) is 29.8 Å². The summed E-state index contributed by atoms with van der Waals surface area (Å²) < 4.78 is 0. The number of nitrogens with two attached hydrogens (primary N) is 1. The minimum atomic E-state index is 0.0901. The Morgan fingerprint density at radius 1 is 1.50 bits per heavy atom. The molecule has 0 unspecified atom stereocenters. The van der Waals surface area contributed by atoms with E-state index in [1.54, 1.807) is 0 Å². The minimum absolute atomic E-state index is 0.0901. The van der Waals surface area contributed by atoms with E-state index in [-0.39, 0.29) is 11.4 Å². The van der Waals surface area contributed by atoms with Gasteiger partial charge in [-0.25, -0.2) is 0 Å². The molecule has 3 heteroatoms. The zero-order chi connectivity index (χ0) is 11.6. The van der Waals surface area contributed by atoms with Gasteiger partial charge in [-0.2, -0.15) is 0 Å². The number of benzene rings is 1. The summed E-state index contributed by atoms with van der Waals surface area (Å²) in [4.78, 5) is 11.6. The van der Waals surface area contributed by atoms with Crippen LogP contribution in [0.1, 0.15) is 31.7 Å². The number of amides is 1. The van der Waals surface area contributed by atoms with Crippen molar-refractivity contribution in [2.24, 2.45) is 0 Å². The molecule has 86 valence electrons. The van der Waals surface area contributed by atoms with Crippen LogP contribution in [0.15, 0.2) is 24.3 Å². The third-order valence-electron chi connectivity index (χ3n) is 3.03. The summed E-state index contributed by atoms with van der Waals surface area (Å²) in [6.45, 7) is 2.09. The second-order valence-electron chi connectivity index (χ2n) is 4.85. The number of hydrogen-bond donors (Lipinski definition) is 2. The third kappa shape index (κ3) is 2.99. The molecular weight excluding hydrogens is 200 g/mol. The molecule has 1 saturated carbocycles. The van der Waals surface area contributed by atoms with Crippen molar-refractivity contribution >= 4 is 11.6 Å². The highest BCUT2D eigenvalue weighted by Gasteiger charge is 2.38. The van der Waals surface area contributed by atoms with Gasteiger partial charge in [0.25, 0.3) is 0 Å². The maximum Gasteiger partial charge on any atom is 0.220 e. The lowest BCUT2D eigenvalue weighted by Gasteiger charge is -2.11. The summed E-state index contributed by atoms with van der Waals surface area (Å²) in [5.74, 6) is 0.141. The lowest BCUT2D eigenvalue weighted by molar-refractivity contribution is -0.121. The zero-order valence-electron chi connectivity index (χ0n) is 9.62. The number of carbonyl (C=O) groups is 1. The van der Waals surface area contributed by atoms with Crippen LogP contribution < -0.4 is 11.1 Å². The minimum Gasteiger partial charge on any atom is -0.399 e. The average Bonchev–Trinajstić information content (AvgIpc) is 2.93. The molecule has 0 bridgehead atoms. The SMILES string of the molecule is CC1(NC(=O)CCc2cccc(N)c2)CC1. The topological polar surface area (TPSA) is 55.1 Å². The monoisotopic (exact) mass is 218 g/mol. The van der Waals surface area contributed by atoms with Crippen LogP contribution in [0.5, 0.6) is 0 Å². The fraction of sp³-hybridized carbons (Fsp3) is 0.462. The Morgan fingerprint density at radius 3 is 2.88 bits per heavy atom. The normalized spacial score (nSPS) is 16.8. The quantitative estimate of drug-likeness (QED) is 0.758. The van der Waals surface area contributed by atoms with Crippen molar-refractivity contribution in [2.45, 2.75) is 38.1 Å². The molecule has 1 aliphatic rings. The van der Waals surface area contributed by atoms with E-state index in [2.05, 4.69) is 12.2 Å². The van der Waals surface area contributed by atoms with Crippen molar-refractivity contribution in [3.8, 4) is 0 Å². The molecule has 0 aromatic heterocycles. The Morgan fingerprint density at radius 2 is 2.25 bits per heavy atom. The van der Waals surface area contributed by atoms with Gasteiger partial charge in [0.2, 0.25) is 5.91 Å². The van der Waals surface area contributed by atoms with Gasteiger partial charge in [-0.1, -0.05) is 12.1 Å². The van der Waals surface area contributed by atoms with E-state index in [0.29, 0.717) is 6.42 Å².